The second-order valence-corrected chi connectivity index (χ2v) is 6.82. The van der Waals surface area contributed by atoms with E-state index in [1.54, 1.807) is 12.4 Å². The number of hydrogen-bond donors (Lipinski definition) is 1. The zero-order valence-electron chi connectivity index (χ0n) is 16.9. The van der Waals surface area contributed by atoms with Crippen molar-refractivity contribution in [2.24, 2.45) is 0 Å². The van der Waals surface area contributed by atoms with Gasteiger partial charge in [0.1, 0.15) is 5.82 Å². The molecule has 0 bridgehead atoms. The van der Waals surface area contributed by atoms with E-state index in [9.17, 15) is 0 Å². The molecule has 3 nitrogen and oxygen atoms in total. The predicted molar refractivity (Wildman–Crippen MR) is 103 cm³/mol. The normalized spacial score (nSPS) is 10.7. The van der Waals surface area contributed by atoms with Crippen LogP contribution in [0.25, 0.3) is 0 Å². The molecule has 0 aliphatic carbocycles. The van der Waals surface area contributed by atoms with Gasteiger partial charge in [-0.05, 0) is 32.6 Å². The molecular formula is C20H42BrN3. The van der Waals surface area contributed by atoms with Gasteiger partial charge in [-0.25, -0.2) is 4.98 Å². The van der Waals surface area contributed by atoms with Gasteiger partial charge in [-0.2, -0.15) is 0 Å². The molecule has 0 aliphatic rings. The highest BCUT2D eigenvalue weighted by molar-refractivity contribution is 4.80. The van der Waals surface area contributed by atoms with Gasteiger partial charge in [0.05, 0.1) is 26.2 Å². The molecule has 1 heterocycles. The minimum absolute atomic E-state index is 0. The highest BCUT2D eigenvalue weighted by Gasteiger charge is 2.24. The Kier molecular flexibility index (Phi) is 18.8. The summed E-state index contributed by atoms with van der Waals surface area (Å²) in [5.74, 6) is 0.968. The number of unbranched alkanes of at least 4 members (excludes halogenated alkanes) is 4. The molecule has 0 saturated heterocycles. The van der Waals surface area contributed by atoms with Crippen LogP contribution >= 0.6 is 0 Å². The minimum Gasteiger partial charge on any atom is -1.00 e. The largest absolute Gasteiger partial charge is 1.00 e. The first kappa shape index (κ1) is 25.9. The molecule has 1 rings (SSSR count). The van der Waals surface area contributed by atoms with Crippen LogP contribution in [0.5, 0.6) is 0 Å². The van der Waals surface area contributed by atoms with Crippen LogP contribution < -0.4 is 17.0 Å². The Bertz CT molecular complexity index is 301. The Balaban J connectivity index is 0. The maximum Gasteiger partial charge on any atom is 0.102 e. The maximum atomic E-state index is 3.86. The second kappa shape index (κ2) is 17.5. The summed E-state index contributed by atoms with van der Waals surface area (Å²) in [6, 6.07) is 0. The van der Waals surface area contributed by atoms with E-state index in [4.69, 9.17) is 0 Å². The number of aryl methyl sites for hydroxylation is 1. The number of halogens is 1. The van der Waals surface area contributed by atoms with E-state index in [-0.39, 0.29) is 17.0 Å². The molecule has 4 heteroatoms. The van der Waals surface area contributed by atoms with E-state index in [1.165, 1.54) is 82.0 Å². The van der Waals surface area contributed by atoms with Crippen molar-refractivity contribution >= 4 is 0 Å². The lowest BCUT2D eigenvalue weighted by atomic mass is 10.1. The molecule has 1 N–H and O–H groups in total. The molecule has 1 aromatic heterocycles. The van der Waals surface area contributed by atoms with Gasteiger partial charge in [-0.3, -0.25) is 0 Å². The van der Waals surface area contributed by atoms with Gasteiger partial charge >= 0.3 is 0 Å². The van der Waals surface area contributed by atoms with Gasteiger partial charge in [-0.1, -0.05) is 53.4 Å². The number of aromatic amines is 1. The standard InChI is InChI=1S/C16H36N.C4H6N2.BrH/c1-5-9-13-17(14-10-6-2,15-11-7-3)16-12-8-4;1-4-5-2-3-6-4;/h5-16H2,1-4H3;2-3H,1H3,(H,5,6);1H/q+1;;/p-1. The van der Waals surface area contributed by atoms with Gasteiger partial charge in [0, 0.05) is 12.4 Å². The highest BCUT2D eigenvalue weighted by Crippen LogP contribution is 2.16. The van der Waals surface area contributed by atoms with Gasteiger partial charge in [0.25, 0.3) is 0 Å². The minimum atomic E-state index is 0. The SMILES string of the molecule is CCCC[N+](CCCC)(CCCC)CCCC.Cc1ncc[nH]1.[Br-]. The number of imidazole rings is 1. The average Bonchev–Trinajstić information content (AvgIpc) is 3.05. The first-order chi connectivity index (χ1) is 11.1. The fraction of sp³-hybridized carbons (Fsp3) is 0.850. The van der Waals surface area contributed by atoms with E-state index in [2.05, 4.69) is 37.7 Å². The van der Waals surface area contributed by atoms with E-state index >= 15 is 0 Å². The zero-order chi connectivity index (χ0) is 17.4. The second-order valence-electron chi connectivity index (χ2n) is 6.82. The Morgan fingerprint density at radius 2 is 1.17 bits per heavy atom. The topological polar surface area (TPSA) is 28.7 Å². The number of H-pyrrole nitrogens is 1. The molecule has 0 saturated carbocycles. The third-order valence-corrected chi connectivity index (χ3v) is 4.58. The van der Waals surface area contributed by atoms with E-state index in [0.717, 1.165) is 5.82 Å². The smallest absolute Gasteiger partial charge is 0.102 e. The average molecular weight is 404 g/mol. The van der Waals surface area contributed by atoms with Crippen LogP contribution in [0.2, 0.25) is 0 Å². The van der Waals surface area contributed by atoms with Gasteiger partial charge in [0.15, 0.2) is 0 Å². The molecule has 0 spiro atoms. The lowest BCUT2D eigenvalue weighted by Crippen LogP contribution is -3.00. The van der Waals surface area contributed by atoms with Crippen molar-refractivity contribution in [1.82, 2.24) is 9.97 Å². The molecule has 0 fully saturated rings. The molecule has 1 aromatic rings. The fourth-order valence-corrected chi connectivity index (χ4v) is 2.99. The fourth-order valence-electron chi connectivity index (χ4n) is 2.99. The van der Waals surface area contributed by atoms with E-state index in [1.807, 2.05) is 6.92 Å². The van der Waals surface area contributed by atoms with Crippen molar-refractivity contribution in [3.63, 3.8) is 0 Å². The summed E-state index contributed by atoms with van der Waals surface area (Å²) in [6.45, 7) is 16.9. The molecule has 0 unspecified atom stereocenters. The van der Waals surface area contributed by atoms with Crippen LogP contribution in [0.15, 0.2) is 12.4 Å². The first-order valence-corrected chi connectivity index (χ1v) is 9.95. The summed E-state index contributed by atoms with van der Waals surface area (Å²) < 4.78 is 1.42. The molecule has 0 atom stereocenters. The summed E-state index contributed by atoms with van der Waals surface area (Å²) in [4.78, 5) is 6.75. The predicted octanol–water partition coefficient (Wildman–Crippen LogP) is 2.73. The van der Waals surface area contributed by atoms with Crippen molar-refractivity contribution in [1.29, 1.82) is 0 Å². The van der Waals surface area contributed by atoms with Gasteiger partial charge < -0.3 is 26.4 Å². The molecule has 0 amide bonds. The monoisotopic (exact) mass is 403 g/mol. The number of quaternary nitrogens is 1. The lowest BCUT2D eigenvalue weighted by Gasteiger charge is -2.39. The summed E-state index contributed by atoms with van der Waals surface area (Å²) in [6.07, 6.45) is 14.6. The van der Waals surface area contributed by atoms with Crippen LogP contribution in [0.1, 0.15) is 84.9 Å². The first-order valence-electron chi connectivity index (χ1n) is 9.95. The Morgan fingerprint density at radius 1 is 0.792 bits per heavy atom. The van der Waals surface area contributed by atoms with Crippen LogP contribution in [0, 0.1) is 6.92 Å². The van der Waals surface area contributed by atoms with Crippen molar-refractivity contribution in [2.75, 3.05) is 26.2 Å². The van der Waals surface area contributed by atoms with Crippen molar-refractivity contribution in [3.8, 4) is 0 Å². The number of rotatable bonds is 12. The van der Waals surface area contributed by atoms with Gasteiger partial charge in [0.2, 0.25) is 0 Å². The van der Waals surface area contributed by atoms with Gasteiger partial charge in [-0.15, -0.1) is 0 Å². The summed E-state index contributed by atoms with van der Waals surface area (Å²) in [5.41, 5.74) is 0. The molecule has 0 aromatic carbocycles. The third kappa shape index (κ3) is 13.0. The lowest BCUT2D eigenvalue weighted by molar-refractivity contribution is -0.929. The third-order valence-electron chi connectivity index (χ3n) is 4.58. The summed E-state index contributed by atoms with van der Waals surface area (Å²) >= 11 is 0. The number of nitrogens with one attached hydrogen (secondary N) is 1. The number of aromatic nitrogens is 2. The van der Waals surface area contributed by atoms with Crippen LogP contribution in [0.3, 0.4) is 0 Å². The van der Waals surface area contributed by atoms with Crippen molar-refractivity contribution in [2.45, 2.75) is 86.0 Å². The van der Waals surface area contributed by atoms with E-state index in [0.29, 0.717) is 0 Å². The van der Waals surface area contributed by atoms with Crippen LogP contribution in [-0.2, 0) is 0 Å². The molecule has 0 aliphatic heterocycles. The summed E-state index contributed by atoms with van der Waals surface area (Å²) in [5, 5.41) is 0. The van der Waals surface area contributed by atoms with Crippen molar-refractivity contribution < 1.29 is 21.5 Å². The number of nitrogens with zero attached hydrogens (tertiary/aromatic N) is 2. The van der Waals surface area contributed by atoms with Crippen molar-refractivity contribution in [3.05, 3.63) is 18.2 Å². The molecule has 0 radical (unpaired) electrons. The van der Waals surface area contributed by atoms with Crippen LogP contribution in [0.4, 0.5) is 0 Å². The Hall–Kier alpha value is -0.350. The van der Waals surface area contributed by atoms with Crippen LogP contribution in [-0.4, -0.2) is 40.6 Å². The highest BCUT2D eigenvalue weighted by atomic mass is 79.9. The Labute approximate surface area is 162 Å². The quantitative estimate of drug-likeness (QED) is 0.533. The zero-order valence-corrected chi connectivity index (χ0v) is 18.5. The number of hydrogen-bond acceptors (Lipinski definition) is 1. The Morgan fingerprint density at radius 3 is 1.33 bits per heavy atom. The summed E-state index contributed by atoms with van der Waals surface area (Å²) in [7, 11) is 0. The molecule has 144 valence electrons. The molecular weight excluding hydrogens is 362 g/mol. The molecule has 24 heavy (non-hydrogen) atoms. The maximum absolute atomic E-state index is 3.86. The van der Waals surface area contributed by atoms with E-state index < -0.39 is 0 Å².